The Kier molecular flexibility index (Phi) is 6.20. The third-order valence-corrected chi connectivity index (χ3v) is 4.04. The molecule has 0 unspecified atom stereocenters. The van der Waals surface area contributed by atoms with Crippen LogP contribution in [-0.4, -0.2) is 5.78 Å². The number of unbranched alkanes of at least 4 members (excludes halogenated alkanes) is 1. The van der Waals surface area contributed by atoms with Crippen LogP contribution in [0.15, 0.2) is 60.7 Å². The number of hydrogen-bond acceptors (Lipinski definition) is 2. The van der Waals surface area contributed by atoms with Crippen LogP contribution in [0, 0.1) is 5.92 Å². The predicted octanol–water partition coefficient (Wildman–Crippen LogP) is 5.24. The minimum Gasteiger partial charge on any atom is -0.378 e. The fourth-order valence-electron chi connectivity index (χ4n) is 2.64. The molecule has 0 radical (unpaired) electrons. The number of benzene rings is 2. The van der Waals surface area contributed by atoms with Crippen LogP contribution in [0.1, 0.15) is 44.7 Å². The Hall–Kier alpha value is -2.09. The second kappa shape index (κ2) is 8.38. The largest absolute Gasteiger partial charge is 0.378 e. The summed E-state index contributed by atoms with van der Waals surface area (Å²) in [5, 5.41) is 3.53. The van der Waals surface area contributed by atoms with E-state index in [0.717, 1.165) is 24.1 Å². The van der Waals surface area contributed by atoms with E-state index in [2.05, 4.69) is 24.4 Å². The standard InChI is InChI=1S/C20H25NO/c1-3-4-15-19(22)16(2)20(17-11-7-5-8-12-17)21-18-13-9-6-10-14-18/h5-14,16,20-21H,3-4,15H2,1-2H3/t16-,20-/m0/s1. The number of rotatable bonds is 8. The second-order valence-corrected chi connectivity index (χ2v) is 5.76. The Balaban J connectivity index is 2.20. The van der Waals surface area contributed by atoms with Crippen LogP contribution in [0.4, 0.5) is 5.69 Å². The summed E-state index contributed by atoms with van der Waals surface area (Å²) in [5.41, 5.74) is 2.20. The van der Waals surface area contributed by atoms with Gasteiger partial charge in [0, 0.05) is 18.0 Å². The average Bonchev–Trinajstić information content (AvgIpc) is 2.58. The van der Waals surface area contributed by atoms with Crippen LogP contribution in [0.3, 0.4) is 0 Å². The number of Topliss-reactive ketones (excluding diaryl/α,β-unsaturated/α-hetero) is 1. The molecule has 116 valence electrons. The van der Waals surface area contributed by atoms with Crippen molar-refractivity contribution < 1.29 is 4.79 Å². The molecule has 22 heavy (non-hydrogen) atoms. The molecule has 1 N–H and O–H groups in total. The maximum Gasteiger partial charge on any atom is 0.138 e. The molecule has 0 heterocycles. The van der Waals surface area contributed by atoms with Crippen molar-refractivity contribution in [2.45, 2.75) is 39.2 Å². The lowest BCUT2D eigenvalue weighted by molar-refractivity contribution is -0.122. The normalized spacial score (nSPS) is 13.4. The summed E-state index contributed by atoms with van der Waals surface area (Å²) in [6, 6.07) is 20.3. The molecule has 2 heteroatoms. The van der Waals surface area contributed by atoms with Crippen molar-refractivity contribution >= 4 is 11.5 Å². The first-order valence-corrected chi connectivity index (χ1v) is 8.11. The first-order valence-electron chi connectivity index (χ1n) is 8.11. The number of hydrogen-bond donors (Lipinski definition) is 1. The monoisotopic (exact) mass is 295 g/mol. The molecule has 0 aromatic heterocycles. The van der Waals surface area contributed by atoms with Gasteiger partial charge in [-0.2, -0.15) is 0 Å². The molecule has 2 atom stereocenters. The molecule has 0 aliphatic heterocycles. The molecule has 0 saturated carbocycles. The van der Waals surface area contributed by atoms with Crippen molar-refractivity contribution in [1.82, 2.24) is 0 Å². The first kappa shape index (κ1) is 16.3. The van der Waals surface area contributed by atoms with Gasteiger partial charge in [-0.15, -0.1) is 0 Å². The third-order valence-electron chi connectivity index (χ3n) is 4.04. The average molecular weight is 295 g/mol. The van der Waals surface area contributed by atoms with Crippen molar-refractivity contribution in [3.05, 3.63) is 66.2 Å². The van der Waals surface area contributed by atoms with E-state index in [1.807, 2.05) is 55.5 Å². The Bertz CT molecular complexity index is 565. The van der Waals surface area contributed by atoms with Gasteiger partial charge in [0.25, 0.3) is 0 Å². The molecule has 0 saturated heterocycles. The Morgan fingerprint density at radius 3 is 2.18 bits per heavy atom. The lowest BCUT2D eigenvalue weighted by atomic mass is 9.89. The maximum atomic E-state index is 12.5. The number of ketones is 1. The van der Waals surface area contributed by atoms with Crippen molar-refractivity contribution in [2.75, 3.05) is 5.32 Å². The number of para-hydroxylation sites is 1. The van der Waals surface area contributed by atoms with Crippen LogP contribution in [0.25, 0.3) is 0 Å². The van der Waals surface area contributed by atoms with Crippen LogP contribution in [0.2, 0.25) is 0 Å². The van der Waals surface area contributed by atoms with E-state index < -0.39 is 0 Å². The molecule has 0 aliphatic carbocycles. The van der Waals surface area contributed by atoms with Gasteiger partial charge < -0.3 is 5.32 Å². The summed E-state index contributed by atoms with van der Waals surface area (Å²) in [7, 11) is 0. The van der Waals surface area contributed by atoms with E-state index in [1.54, 1.807) is 0 Å². The highest BCUT2D eigenvalue weighted by Gasteiger charge is 2.24. The van der Waals surface area contributed by atoms with Gasteiger partial charge in [-0.3, -0.25) is 4.79 Å². The van der Waals surface area contributed by atoms with Gasteiger partial charge in [-0.05, 0) is 24.1 Å². The van der Waals surface area contributed by atoms with Crippen LogP contribution < -0.4 is 5.32 Å². The Morgan fingerprint density at radius 1 is 1.00 bits per heavy atom. The second-order valence-electron chi connectivity index (χ2n) is 5.76. The van der Waals surface area contributed by atoms with Gasteiger partial charge in [-0.25, -0.2) is 0 Å². The Labute approximate surface area is 133 Å². The zero-order chi connectivity index (χ0) is 15.8. The minimum absolute atomic E-state index is 0.00737. The van der Waals surface area contributed by atoms with Gasteiger partial charge in [0.05, 0.1) is 6.04 Å². The molecular formula is C20H25NO. The molecule has 0 aliphatic rings. The van der Waals surface area contributed by atoms with Gasteiger partial charge in [0.1, 0.15) is 5.78 Å². The highest BCUT2D eigenvalue weighted by Crippen LogP contribution is 2.28. The summed E-state index contributed by atoms with van der Waals surface area (Å²) in [6.45, 7) is 4.15. The summed E-state index contributed by atoms with van der Waals surface area (Å²) in [4.78, 5) is 12.5. The molecule has 0 bridgehead atoms. The third kappa shape index (κ3) is 4.45. The first-order chi connectivity index (χ1) is 10.7. The molecular weight excluding hydrogens is 270 g/mol. The number of anilines is 1. The zero-order valence-corrected chi connectivity index (χ0v) is 13.5. The van der Waals surface area contributed by atoms with Crippen LogP contribution in [-0.2, 0) is 4.79 Å². The molecule has 2 aromatic carbocycles. The van der Waals surface area contributed by atoms with E-state index in [9.17, 15) is 4.79 Å². The van der Waals surface area contributed by atoms with Gasteiger partial charge in [-0.1, -0.05) is 68.8 Å². The maximum absolute atomic E-state index is 12.5. The quantitative estimate of drug-likeness (QED) is 0.722. The van der Waals surface area contributed by atoms with E-state index in [1.165, 1.54) is 0 Å². The summed E-state index contributed by atoms with van der Waals surface area (Å²) >= 11 is 0. The SMILES string of the molecule is CCCCC(=O)[C@H](C)[C@H](Nc1ccccc1)c1ccccc1. The van der Waals surface area contributed by atoms with E-state index in [4.69, 9.17) is 0 Å². The molecule has 0 spiro atoms. The van der Waals surface area contributed by atoms with Crippen molar-refractivity contribution in [1.29, 1.82) is 0 Å². The fraction of sp³-hybridized carbons (Fsp3) is 0.350. The highest BCUT2D eigenvalue weighted by molar-refractivity contribution is 5.82. The predicted molar refractivity (Wildman–Crippen MR) is 92.9 cm³/mol. The van der Waals surface area contributed by atoms with Crippen molar-refractivity contribution in [2.24, 2.45) is 5.92 Å². The molecule has 0 amide bonds. The lowest BCUT2D eigenvalue weighted by Crippen LogP contribution is -2.25. The van der Waals surface area contributed by atoms with Gasteiger partial charge >= 0.3 is 0 Å². The zero-order valence-electron chi connectivity index (χ0n) is 13.5. The Morgan fingerprint density at radius 2 is 1.59 bits per heavy atom. The van der Waals surface area contributed by atoms with Gasteiger partial charge in [0.2, 0.25) is 0 Å². The lowest BCUT2D eigenvalue weighted by Gasteiger charge is -2.26. The summed E-state index contributed by atoms with van der Waals surface area (Å²) in [6.07, 6.45) is 2.69. The van der Waals surface area contributed by atoms with E-state index in [-0.39, 0.29) is 12.0 Å². The molecule has 2 rings (SSSR count). The van der Waals surface area contributed by atoms with Crippen LogP contribution >= 0.6 is 0 Å². The molecule has 0 fully saturated rings. The van der Waals surface area contributed by atoms with Gasteiger partial charge in [0.15, 0.2) is 0 Å². The van der Waals surface area contributed by atoms with E-state index in [0.29, 0.717) is 12.2 Å². The molecule has 2 nitrogen and oxygen atoms in total. The number of carbonyl (C=O) groups is 1. The molecule has 2 aromatic rings. The topological polar surface area (TPSA) is 29.1 Å². The van der Waals surface area contributed by atoms with E-state index >= 15 is 0 Å². The van der Waals surface area contributed by atoms with Crippen LogP contribution in [0.5, 0.6) is 0 Å². The van der Waals surface area contributed by atoms with Crippen molar-refractivity contribution in [3.63, 3.8) is 0 Å². The summed E-state index contributed by atoms with van der Waals surface area (Å²) in [5.74, 6) is 0.285. The number of nitrogens with one attached hydrogen (secondary N) is 1. The van der Waals surface area contributed by atoms with Crippen molar-refractivity contribution in [3.8, 4) is 0 Å². The highest BCUT2D eigenvalue weighted by atomic mass is 16.1. The summed E-state index contributed by atoms with van der Waals surface area (Å²) < 4.78 is 0. The smallest absolute Gasteiger partial charge is 0.138 e. The minimum atomic E-state index is -0.0471. The fourth-order valence-corrected chi connectivity index (χ4v) is 2.64. The number of carbonyl (C=O) groups excluding carboxylic acids is 1.